The van der Waals surface area contributed by atoms with Crippen molar-refractivity contribution in [1.29, 1.82) is 0 Å². The molecule has 108 valence electrons. The minimum absolute atomic E-state index is 0.132. The Morgan fingerprint density at radius 1 is 1.35 bits per heavy atom. The van der Waals surface area contributed by atoms with Gasteiger partial charge < -0.3 is 9.32 Å². The minimum Gasteiger partial charge on any atom is -0.467 e. The fourth-order valence-electron chi connectivity index (χ4n) is 3.41. The molecule has 0 spiro atoms. The predicted molar refractivity (Wildman–Crippen MR) is 78.0 cm³/mol. The summed E-state index contributed by atoms with van der Waals surface area (Å²) >= 11 is 0. The topological polar surface area (TPSA) is 33.5 Å². The first-order valence-electron chi connectivity index (χ1n) is 7.74. The number of carbonyl (C=O) groups excluding carboxylic acids is 1. The zero-order valence-corrected chi connectivity index (χ0v) is 12.1. The standard InChI is InChI=1S/C17H23NO2/c1-13-9-10-18(15(12-13)16-8-5-11-20-16)17(19)14-6-3-2-4-7-14/h2-3,5,8,11,13-15H,4,6-7,9-10,12H2,1H3. The van der Waals surface area contributed by atoms with E-state index in [4.69, 9.17) is 4.42 Å². The van der Waals surface area contributed by atoms with Crippen molar-refractivity contribution in [2.24, 2.45) is 11.8 Å². The SMILES string of the molecule is CC1CCN(C(=O)C2CC=CCC2)C(c2ccco2)C1. The average molecular weight is 273 g/mol. The molecule has 0 aromatic carbocycles. The van der Waals surface area contributed by atoms with Crippen molar-refractivity contribution in [3.8, 4) is 0 Å². The van der Waals surface area contributed by atoms with Crippen molar-refractivity contribution in [2.45, 2.75) is 45.1 Å². The molecule has 0 N–H and O–H groups in total. The summed E-state index contributed by atoms with van der Waals surface area (Å²) in [5, 5.41) is 0. The number of hydrogen-bond acceptors (Lipinski definition) is 2. The van der Waals surface area contributed by atoms with Gasteiger partial charge in [-0.2, -0.15) is 0 Å². The highest BCUT2D eigenvalue weighted by Gasteiger charge is 2.35. The third kappa shape index (κ3) is 2.67. The van der Waals surface area contributed by atoms with E-state index in [2.05, 4.69) is 24.0 Å². The van der Waals surface area contributed by atoms with Crippen LogP contribution in [0.1, 0.15) is 50.8 Å². The van der Waals surface area contributed by atoms with Crippen LogP contribution in [0.5, 0.6) is 0 Å². The molecule has 1 saturated heterocycles. The van der Waals surface area contributed by atoms with Gasteiger partial charge in [-0.05, 0) is 50.2 Å². The van der Waals surface area contributed by atoms with E-state index in [1.807, 2.05) is 12.1 Å². The summed E-state index contributed by atoms with van der Waals surface area (Å²) in [5.41, 5.74) is 0. The number of amides is 1. The molecule has 1 aliphatic carbocycles. The monoisotopic (exact) mass is 273 g/mol. The first kappa shape index (κ1) is 13.5. The van der Waals surface area contributed by atoms with E-state index in [0.717, 1.165) is 44.4 Å². The second-order valence-electron chi connectivity index (χ2n) is 6.17. The molecule has 1 aromatic heterocycles. The van der Waals surface area contributed by atoms with Gasteiger partial charge in [0, 0.05) is 12.5 Å². The zero-order chi connectivity index (χ0) is 13.9. The van der Waals surface area contributed by atoms with Gasteiger partial charge in [0.25, 0.3) is 0 Å². The summed E-state index contributed by atoms with van der Waals surface area (Å²) in [6, 6.07) is 4.05. The lowest BCUT2D eigenvalue weighted by Crippen LogP contribution is -2.43. The Hall–Kier alpha value is -1.51. The van der Waals surface area contributed by atoms with Gasteiger partial charge in [0.15, 0.2) is 0 Å². The van der Waals surface area contributed by atoms with E-state index in [1.165, 1.54) is 0 Å². The van der Waals surface area contributed by atoms with Crippen LogP contribution in [0.25, 0.3) is 0 Å². The highest BCUT2D eigenvalue weighted by atomic mass is 16.3. The summed E-state index contributed by atoms with van der Waals surface area (Å²) in [5.74, 6) is 2.09. The molecule has 1 aliphatic heterocycles. The van der Waals surface area contributed by atoms with Gasteiger partial charge in [0.1, 0.15) is 5.76 Å². The first-order valence-corrected chi connectivity index (χ1v) is 7.74. The number of hydrogen-bond donors (Lipinski definition) is 0. The molecular weight excluding hydrogens is 250 g/mol. The average Bonchev–Trinajstić information content (AvgIpc) is 3.01. The Bertz CT molecular complexity index is 477. The van der Waals surface area contributed by atoms with Gasteiger partial charge in [-0.1, -0.05) is 19.1 Å². The lowest BCUT2D eigenvalue weighted by atomic mass is 9.87. The van der Waals surface area contributed by atoms with Gasteiger partial charge in [0.05, 0.1) is 12.3 Å². The van der Waals surface area contributed by atoms with Gasteiger partial charge in [0.2, 0.25) is 5.91 Å². The largest absolute Gasteiger partial charge is 0.467 e. The molecule has 3 atom stereocenters. The van der Waals surface area contributed by atoms with Crippen LogP contribution in [0.3, 0.4) is 0 Å². The fraction of sp³-hybridized carbons (Fsp3) is 0.588. The third-order valence-corrected chi connectivity index (χ3v) is 4.64. The Balaban J connectivity index is 1.78. The normalized spacial score (nSPS) is 30.4. The summed E-state index contributed by atoms with van der Waals surface area (Å²) < 4.78 is 5.58. The van der Waals surface area contributed by atoms with Crippen molar-refractivity contribution < 1.29 is 9.21 Å². The first-order chi connectivity index (χ1) is 9.75. The van der Waals surface area contributed by atoms with Crippen molar-refractivity contribution in [3.05, 3.63) is 36.3 Å². The van der Waals surface area contributed by atoms with Crippen molar-refractivity contribution in [3.63, 3.8) is 0 Å². The molecule has 0 radical (unpaired) electrons. The number of nitrogens with zero attached hydrogens (tertiary/aromatic N) is 1. The second kappa shape index (κ2) is 5.86. The van der Waals surface area contributed by atoms with Gasteiger partial charge in [-0.3, -0.25) is 4.79 Å². The Morgan fingerprint density at radius 3 is 2.95 bits per heavy atom. The number of allylic oxidation sites excluding steroid dienone is 2. The summed E-state index contributed by atoms with van der Waals surface area (Å²) in [6.07, 6.45) is 11.1. The molecule has 3 nitrogen and oxygen atoms in total. The Labute approximate surface area is 120 Å². The highest BCUT2D eigenvalue weighted by Crippen LogP contribution is 2.36. The number of rotatable bonds is 2. The van der Waals surface area contributed by atoms with Gasteiger partial charge >= 0.3 is 0 Å². The third-order valence-electron chi connectivity index (χ3n) is 4.64. The van der Waals surface area contributed by atoms with Crippen LogP contribution >= 0.6 is 0 Å². The maximum atomic E-state index is 12.8. The van der Waals surface area contributed by atoms with Crippen LogP contribution in [-0.4, -0.2) is 17.4 Å². The lowest BCUT2D eigenvalue weighted by Gasteiger charge is -2.39. The molecule has 2 aliphatic rings. The van der Waals surface area contributed by atoms with Crippen LogP contribution in [0, 0.1) is 11.8 Å². The Kier molecular flexibility index (Phi) is 3.95. The molecule has 20 heavy (non-hydrogen) atoms. The summed E-state index contributed by atoms with van der Waals surface area (Å²) in [6.45, 7) is 3.13. The van der Waals surface area contributed by atoms with E-state index in [1.54, 1.807) is 6.26 Å². The van der Waals surface area contributed by atoms with Crippen molar-refractivity contribution in [2.75, 3.05) is 6.54 Å². The van der Waals surface area contributed by atoms with Gasteiger partial charge in [-0.25, -0.2) is 0 Å². The van der Waals surface area contributed by atoms with Gasteiger partial charge in [-0.15, -0.1) is 0 Å². The van der Waals surface area contributed by atoms with E-state index < -0.39 is 0 Å². The molecule has 1 fully saturated rings. The van der Waals surface area contributed by atoms with Crippen LogP contribution in [0.2, 0.25) is 0 Å². The molecule has 3 unspecified atom stereocenters. The fourth-order valence-corrected chi connectivity index (χ4v) is 3.41. The second-order valence-corrected chi connectivity index (χ2v) is 6.17. The van der Waals surface area contributed by atoms with Crippen LogP contribution in [0.4, 0.5) is 0 Å². The maximum Gasteiger partial charge on any atom is 0.226 e. The number of likely N-dealkylation sites (tertiary alicyclic amines) is 1. The molecule has 0 saturated carbocycles. The molecule has 1 amide bonds. The highest BCUT2D eigenvalue weighted by molar-refractivity contribution is 5.79. The number of carbonyl (C=O) groups is 1. The number of piperidine rings is 1. The Morgan fingerprint density at radius 2 is 2.25 bits per heavy atom. The van der Waals surface area contributed by atoms with E-state index >= 15 is 0 Å². The summed E-state index contributed by atoms with van der Waals surface area (Å²) in [4.78, 5) is 14.9. The van der Waals surface area contributed by atoms with E-state index in [9.17, 15) is 4.79 Å². The van der Waals surface area contributed by atoms with Crippen molar-refractivity contribution in [1.82, 2.24) is 4.90 Å². The van der Waals surface area contributed by atoms with Crippen LogP contribution in [0.15, 0.2) is 35.0 Å². The number of furan rings is 1. The van der Waals surface area contributed by atoms with Crippen molar-refractivity contribution >= 4 is 5.91 Å². The van der Waals surface area contributed by atoms with E-state index in [-0.39, 0.29) is 12.0 Å². The zero-order valence-electron chi connectivity index (χ0n) is 12.1. The van der Waals surface area contributed by atoms with Crippen LogP contribution < -0.4 is 0 Å². The molecular formula is C17H23NO2. The lowest BCUT2D eigenvalue weighted by molar-refractivity contribution is -0.141. The van der Waals surface area contributed by atoms with Crippen LogP contribution in [-0.2, 0) is 4.79 Å². The maximum absolute atomic E-state index is 12.8. The molecule has 3 rings (SSSR count). The predicted octanol–water partition coefficient (Wildman–Crippen LogP) is 3.94. The minimum atomic E-state index is 0.132. The molecule has 2 heterocycles. The molecule has 3 heteroatoms. The molecule has 0 bridgehead atoms. The molecule has 1 aromatic rings. The van der Waals surface area contributed by atoms with E-state index in [0.29, 0.717) is 11.8 Å². The smallest absolute Gasteiger partial charge is 0.226 e. The summed E-state index contributed by atoms with van der Waals surface area (Å²) in [7, 11) is 0. The quantitative estimate of drug-likeness (QED) is 0.765.